The van der Waals surface area contributed by atoms with Crippen LogP contribution in [0.5, 0.6) is 0 Å². The Morgan fingerprint density at radius 1 is 0.722 bits per heavy atom. The van der Waals surface area contributed by atoms with Gasteiger partial charge in [0.05, 0.1) is 11.3 Å². The van der Waals surface area contributed by atoms with Crippen molar-refractivity contribution in [1.82, 2.24) is 0 Å². The Labute approximate surface area is 109 Å². The maximum absolute atomic E-state index is 12.4. The minimum atomic E-state index is -0.562. The van der Waals surface area contributed by atoms with Crippen LogP contribution in [0.2, 0.25) is 0 Å². The van der Waals surface area contributed by atoms with E-state index in [9.17, 15) is 4.79 Å². The smallest absolute Gasteiger partial charge is 0.139 e. The summed E-state index contributed by atoms with van der Waals surface area (Å²) >= 11 is 0. The second-order valence-corrected chi connectivity index (χ2v) is 6.42. The summed E-state index contributed by atoms with van der Waals surface area (Å²) in [4.78, 5) is 12.4. The van der Waals surface area contributed by atoms with E-state index in [0.717, 1.165) is 51.4 Å². The number of nitrogens with two attached hydrogens (primary N) is 4. The largest absolute Gasteiger partial charge is 0.313 e. The molecule has 104 valence electrons. The number of carbonyl (C=O) groups excluding carboxylic acids is 1. The van der Waals surface area contributed by atoms with Gasteiger partial charge in [-0.1, -0.05) is 0 Å². The molecule has 8 N–H and O–H groups in total. The molecule has 0 amide bonds. The van der Waals surface area contributed by atoms with Crippen LogP contribution in [-0.2, 0) is 4.79 Å². The molecule has 2 aliphatic carbocycles. The molecule has 2 aliphatic rings. The van der Waals surface area contributed by atoms with Crippen molar-refractivity contribution in [3.8, 4) is 0 Å². The van der Waals surface area contributed by atoms with Crippen molar-refractivity contribution < 1.29 is 4.79 Å². The predicted octanol–water partition coefficient (Wildman–Crippen LogP) is 0.163. The lowest BCUT2D eigenvalue weighted by molar-refractivity contribution is -0.129. The summed E-state index contributed by atoms with van der Waals surface area (Å²) in [6, 6.07) is 0. The van der Waals surface area contributed by atoms with E-state index in [1.807, 2.05) is 0 Å². The summed E-state index contributed by atoms with van der Waals surface area (Å²) < 4.78 is 0. The van der Waals surface area contributed by atoms with Gasteiger partial charge in [-0.15, -0.1) is 0 Å². The van der Waals surface area contributed by atoms with Crippen molar-refractivity contribution in [2.75, 3.05) is 0 Å². The van der Waals surface area contributed by atoms with Gasteiger partial charge in [-0.25, -0.2) is 0 Å². The first kappa shape index (κ1) is 13.9. The summed E-state index contributed by atoms with van der Waals surface area (Å²) in [6.45, 7) is 0. The van der Waals surface area contributed by atoms with Gasteiger partial charge in [0.15, 0.2) is 0 Å². The SMILES string of the molecule is NC1(N)CCC(C(=O)C2CCC(N)(N)CC2)CC1. The van der Waals surface area contributed by atoms with Crippen LogP contribution < -0.4 is 22.9 Å². The first-order valence-corrected chi connectivity index (χ1v) is 6.98. The van der Waals surface area contributed by atoms with E-state index in [1.165, 1.54) is 0 Å². The highest BCUT2D eigenvalue weighted by molar-refractivity contribution is 5.83. The van der Waals surface area contributed by atoms with Crippen LogP contribution in [0.4, 0.5) is 0 Å². The minimum Gasteiger partial charge on any atom is -0.313 e. The lowest BCUT2D eigenvalue weighted by Gasteiger charge is -2.37. The topological polar surface area (TPSA) is 121 Å². The third kappa shape index (κ3) is 3.29. The Morgan fingerprint density at radius 2 is 1.00 bits per heavy atom. The van der Waals surface area contributed by atoms with E-state index in [2.05, 4.69) is 0 Å². The Kier molecular flexibility index (Phi) is 3.78. The summed E-state index contributed by atoms with van der Waals surface area (Å²) in [5.74, 6) is 0.692. The molecule has 5 nitrogen and oxygen atoms in total. The molecule has 0 aromatic heterocycles. The molecular formula is C13H26N4O. The van der Waals surface area contributed by atoms with E-state index in [-0.39, 0.29) is 11.8 Å². The zero-order chi connectivity index (χ0) is 13.4. The van der Waals surface area contributed by atoms with Gasteiger partial charge in [0, 0.05) is 11.8 Å². The number of Topliss-reactive ketones (excluding diaryl/α,β-unsaturated/α-hetero) is 1. The van der Waals surface area contributed by atoms with Crippen molar-refractivity contribution in [3.05, 3.63) is 0 Å². The van der Waals surface area contributed by atoms with E-state index in [4.69, 9.17) is 22.9 Å². The normalized spacial score (nSPS) is 29.1. The third-order valence-electron chi connectivity index (χ3n) is 4.64. The monoisotopic (exact) mass is 254 g/mol. The zero-order valence-electron chi connectivity index (χ0n) is 11.0. The lowest BCUT2D eigenvalue weighted by atomic mass is 9.72. The molecule has 0 saturated heterocycles. The fourth-order valence-electron chi connectivity index (χ4n) is 3.21. The first-order chi connectivity index (χ1) is 8.29. The van der Waals surface area contributed by atoms with Crippen molar-refractivity contribution in [2.24, 2.45) is 34.8 Å². The van der Waals surface area contributed by atoms with E-state index >= 15 is 0 Å². The second-order valence-electron chi connectivity index (χ2n) is 6.42. The van der Waals surface area contributed by atoms with E-state index in [0.29, 0.717) is 5.78 Å². The highest BCUT2D eigenvalue weighted by Crippen LogP contribution is 2.35. The summed E-state index contributed by atoms with van der Waals surface area (Å²) in [5.41, 5.74) is 22.4. The Balaban J connectivity index is 1.86. The molecule has 5 heteroatoms. The molecule has 0 heterocycles. The molecule has 0 radical (unpaired) electrons. The van der Waals surface area contributed by atoms with Crippen LogP contribution in [0.1, 0.15) is 51.4 Å². The molecule has 0 spiro atoms. The molecule has 0 bridgehead atoms. The molecular weight excluding hydrogens is 228 g/mol. The number of hydrogen-bond acceptors (Lipinski definition) is 5. The molecule has 0 aliphatic heterocycles. The van der Waals surface area contributed by atoms with Crippen LogP contribution in [0, 0.1) is 11.8 Å². The average molecular weight is 254 g/mol. The molecule has 0 unspecified atom stereocenters. The molecule has 18 heavy (non-hydrogen) atoms. The molecule has 0 aromatic rings. The van der Waals surface area contributed by atoms with Gasteiger partial charge >= 0.3 is 0 Å². The van der Waals surface area contributed by atoms with Crippen molar-refractivity contribution >= 4 is 5.78 Å². The number of carbonyl (C=O) groups is 1. The Hall–Kier alpha value is -0.490. The van der Waals surface area contributed by atoms with Gasteiger partial charge < -0.3 is 22.9 Å². The third-order valence-corrected chi connectivity index (χ3v) is 4.64. The summed E-state index contributed by atoms with van der Waals surface area (Å²) in [6.07, 6.45) is 6.30. The van der Waals surface area contributed by atoms with E-state index in [1.54, 1.807) is 0 Å². The Bertz CT molecular complexity index is 277. The fourth-order valence-corrected chi connectivity index (χ4v) is 3.21. The highest BCUT2D eigenvalue weighted by atomic mass is 16.1. The van der Waals surface area contributed by atoms with Gasteiger partial charge in [-0.2, -0.15) is 0 Å². The standard InChI is InChI=1S/C13H26N4O/c14-12(15)5-1-9(2-6-12)11(18)10-3-7-13(16,17)8-4-10/h9-10H,1-8,14-17H2. The summed E-state index contributed by atoms with van der Waals surface area (Å²) in [5, 5.41) is 0. The van der Waals surface area contributed by atoms with Gasteiger partial charge in [0.1, 0.15) is 5.78 Å². The molecule has 2 fully saturated rings. The second kappa shape index (κ2) is 4.89. The molecule has 2 saturated carbocycles. The maximum atomic E-state index is 12.4. The number of rotatable bonds is 2. The van der Waals surface area contributed by atoms with Crippen LogP contribution in [-0.4, -0.2) is 17.1 Å². The van der Waals surface area contributed by atoms with Gasteiger partial charge in [0.25, 0.3) is 0 Å². The predicted molar refractivity (Wildman–Crippen MR) is 71.1 cm³/mol. The first-order valence-electron chi connectivity index (χ1n) is 6.98. The number of ketones is 1. The van der Waals surface area contributed by atoms with Crippen molar-refractivity contribution in [1.29, 1.82) is 0 Å². The Morgan fingerprint density at radius 3 is 1.28 bits per heavy atom. The van der Waals surface area contributed by atoms with Crippen LogP contribution in [0.15, 0.2) is 0 Å². The molecule has 0 atom stereocenters. The molecule has 0 aromatic carbocycles. The lowest BCUT2D eigenvalue weighted by Crippen LogP contribution is -2.54. The number of hydrogen-bond donors (Lipinski definition) is 4. The average Bonchev–Trinajstić information content (AvgIpc) is 2.28. The summed E-state index contributed by atoms with van der Waals surface area (Å²) in [7, 11) is 0. The van der Waals surface area contributed by atoms with Crippen LogP contribution in [0.25, 0.3) is 0 Å². The van der Waals surface area contributed by atoms with Crippen LogP contribution >= 0.6 is 0 Å². The van der Waals surface area contributed by atoms with Gasteiger partial charge in [-0.05, 0) is 51.4 Å². The maximum Gasteiger partial charge on any atom is 0.139 e. The quantitative estimate of drug-likeness (QED) is 0.523. The van der Waals surface area contributed by atoms with Gasteiger partial charge in [0.2, 0.25) is 0 Å². The zero-order valence-corrected chi connectivity index (χ0v) is 11.0. The van der Waals surface area contributed by atoms with Crippen molar-refractivity contribution in [3.63, 3.8) is 0 Å². The highest BCUT2D eigenvalue weighted by Gasteiger charge is 2.37. The van der Waals surface area contributed by atoms with E-state index < -0.39 is 11.3 Å². The van der Waals surface area contributed by atoms with Crippen LogP contribution in [0.3, 0.4) is 0 Å². The minimum absolute atomic E-state index is 0.151. The molecule has 2 rings (SSSR count). The van der Waals surface area contributed by atoms with Gasteiger partial charge in [-0.3, -0.25) is 4.79 Å². The fraction of sp³-hybridized carbons (Fsp3) is 0.923. The van der Waals surface area contributed by atoms with Crippen molar-refractivity contribution in [2.45, 2.75) is 62.7 Å².